The van der Waals surface area contributed by atoms with Gasteiger partial charge in [0.2, 0.25) is 5.91 Å². The minimum absolute atomic E-state index is 0.0197. The molecule has 1 amide bonds. The van der Waals surface area contributed by atoms with Crippen LogP contribution in [-0.2, 0) is 9.59 Å². The SMILES string of the molecule is CCC(CNC(=O)CSC(C)(C)C)CC(=O)O. The quantitative estimate of drug-likeness (QED) is 0.737. The van der Waals surface area contributed by atoms with E-state index in [1.54, 1.807) is 11.8 Å². The number of carboxylic acid groups (broad SMARTS) is 1. The van der Waals surface area contributed by atoms with E-state index in [9.17, 15) is 9.59 Å². The van der Waals surface area contributed by atoms with Crippen LogP contribution in [0, 0.1) is 5.92 Å². The molecule has 0 fully saturated rings. The van der Waals surface area contributed by atoms with Gasteiger partial charge in [0.15, 0.2) is 0 Å². The fourth-order valence-corrected chi connectivity index (χ4v) is 1.87. The maximum atomic E-state index is 11.5. The maximum Gasteiger partial charge on any atom is 0.303 e. The summed E-state index contributed by atoms with van der Waals surface area (Å²) in [6.45, 7) is 8.56. The average Bonchev–Trinajstić information content (AvgIpc) is 2.19. The summed E-state index contributed by atoms with van der Waals surface area (Å²) in [6, 6.07) is 0. The first-order valence-electron chi connectivity index (χ1n) is 5.87. The summed E-state index contributed by atoms with van der Waals surface area (Å²) in [4.78, 5) is 22.1. The van der Waals surface area contributed by atoms with E-state index in [2.05, 4.69) is 26.1 Å². The van der Waals surface area contributed by atoms with Gasteiger partial charge >= 0.3 is 5.97 Å². The molecule has 1 atom stereocenters. The van der Waals surface area contributed by atoms with Crippen molar-refractivity contribution in [3.8, 4) is 0 Å². The van der Waals surface area contributed by atoms with Crippen molar-refractivity contribution in [2.75, 3.05) is 12.3 Å². The molecule has 0 aromatic heterocycles. The molecule has 0 aromatic carbocycles. The van der Waals surface area contributed by atoms with E-state index in [-0.39, 0.29) is 23.0 Å². The topological polar surface area (TPSA) is 66.4 Å². The Morgan fingerprint density at radius 2 is 1.94 bits per heavy atom. The number of carboxylic acids is 1. The standard InChI is InChI=1S/C12H23NO3S/c1-5-9(6-11(15)16)7-13-10(14)8-17-12(2,3)4/h9H,5-8H2,1-4H3,(H,13,14)(H,15,16). The molecule has 5 heteroatoms. The molecular formula is C12H23NO3S. The Kier molecular flexibility index (Phi) is 7.27. The van der Waals surface area contributed by atoms with Gasteiger partial charge in [0.05, 0.1) is 5.75 Å². The lowest BCUT2D eigenvalue weighted by Crippen LogP contribution is -2.32. The number of carbonyl (C=O) groups is 2. The van der Waals surface area contributed by atoms with E-state index in [1.165, 1.54) is 0 Å². The van der Waals surface area contributed by atoms with Gasteiger partial charge in [0.25, 0.3) is 0 Å². The van der Waals surface area contributed by atoms with Gasteiger partial charge in [-0.1, -0.05) is 34.1 Å². The molecule has 0 radical (unpaired) electrons. The summed E-state index contributed by atoms with van der Waals surface area (Å²) in [7, 11) is 0. The second-order valence-electron chi connectivity index (χ2n) is 5.08. The monoisotopic (exact) mass is 261 g/mol. The zero-order valence-electron chi connectivity index (χ0n) is 11.1. The number of amides is 1. The van der Waals surface area contributed by atoms with Crippen LogP contribution in [0.2, 0.25) is 0 Å². The smallest absolute Gasteiger partial charge is 0.303 e. The van der Waals surface area contributed by atoms with E-state index in [1.807, 2.05) is 6.92 Å². The largest absolute Gasteiger partial charge is 0.481 e. The zero-order valence-corrected chi connectivity index (χ0v) is 11.9. The molecule has 17 heavy (non-hydrogen) atoms. The number of nitrogens with one attached hydrogen (secondary N) is 1. The van der Waals surface area contributed by atoms with Crippen molar-refractivity contribution in [2.45, 2.75) is 45.3 Å². The minimum atomic E-state index is -0.810. The lowest BCUT2D eigenvalue weighted by Gasteiger charge is -2.18. The highest BCUT2D eigenvalue weighted by Crippen LogP contribution is 2.22. The van der Waals surface area contributed by atoms with E-state index in [4.69, 9.17) is 5.11 Å². The first-order chi connectivity index (χ1) is 7.74. The van der Waals surface area contributed by atoms with E-state index >= 15 is 0 Å². The Morgan fingerprint density at radius 1 is 1.35 bits per heavy atom. The van der Waals surface area contributed by atoms with Crippen LogP contribution < -0.4 is 5.32 Å². The number of hydrogen-bond donors (Lipinski definition) is 2. The lowest BCUT2D eigenvalue weighted by molar-refractivity contribution is -0.138. The molecule has 100 valence electrons. The van der Waals surface area contributed by atoms with Crippen molar-refractivity contribution in [1.29, 1.82) is 0 Å². The second kappa shape index (κ2) is 7.58. The average molecular weight is 261 g/mol. The van der Waals surface area contributed by atoms with Gasteiger partial charge < -0.3 is 10.4 Å². The van der Waals surface area contributed by atoms with Crippen molar-refractivity contribution in [2.24, 2.45) is 5.92 Å². The Labute approximate surface area is 108 Å². The molecule has 0 rings (SSSR count). The highest BCUT2D eigenvalue weighted by atomic mass is 32.2. The highest BCUT2D eigenvalue weighted by Gasteiger charge is 2.15. The van der Waals surface area contributed by atoms with Gasteiger partial charge in [-0.2, -0.15) is 0 Å². The van der Waals surface area contributed by atoms with E-state index < -0.39 is 5.97 Å². The van der Waals surface area contributed by atoms with Crippen LogP contribution in [0.4, 0.5) is 0 Å². The van der Waals surface area contributed by atoms with Gasteiger partial charge in [-0.3, -0.25) is 9.59 Å². The third-order valence-corrected chi connectivity index (χ3v) is 3.54. The summed E-state index contributed by atoms with van der Waals surface area (Å²) in [6.07, 6.45) is 0.877. The number of rotatable bonds is 7. The molecule has 0 heterocycles. The molecule has 2 N–H and O–H groups in total. The summed E-state index contributed by atoms with van der Waals surface area (Å²) < 4.78 is 0.0720. The van der Waals surface area contributed by atoms with Gasteiger partial charge in [0, 0.05) is 17.7 Å². The normalized spacial score (nSPS) is 13.2. The van der Waals surface area contributed by atoms with Gasteiger partial charge in [0.1, 0.15) is 0 Å². The predicted molar refractivity (Wildman–Crippen MR) is 71.3 cm³/mol. The molecule has 0 aromatic rings. The molecule has 0 aliphatic heterocycles. The van der Waals surface area contributed by atoms with Gasteiger partial charge in [-0.05, 0) is 5.92 Å². The molecule has 0 aliphatic rings. The first-order valence-corrected chi connectivity index (χ1v) is 6.85. The van der Waals surface area contributed by atoms with Crippen LogP contribution in [0.5, 0.6) is 0 Å². The molecule has 0 saturated heterocycles. The predicted octanol–water partition coefficient (Wildman–Crippen LogP) is 2.14. The molecule has 1 unspecified atom stereocenters. The molecular weight excluding hydrogens is 238 g/mol. The fraction of sp³-hybridized carbons (Fsp3) is 0.833. The number of aliphatic carboxylic acids is 1. The third-order valence-electron chi connectivity index (χ3n) is 2.26. The van der Waals surface area contributed by atoms with Crippen molar-refractivity contribution in [3.63, 3.8) is 0 Å². The molecule has 0 saturated carbocycles. The number of carbonyl (C=O) groups excluding carboxylic acids is 1. The number of thioether (sulfide) groups is 1. The Hall–Kier alpha value is -0.710. The Bertz CT molecular complexity index is 261. The van der Waals surface area contributed by atoms with Gasteiger partial charge in [-0.15, -0.1) is 11.8 Å². The highest BCUT2D eigenvalue weighted by molar-refractivity contribution is 8.01. The second-order valence-corrected chi connectivity index (χ2v) is 6.88. The van der Waals surface area contributed by atoms with Crippen LogP contribution in [0.3, 0.4) is 0 Å². The first kappa shape index (κ1) is 16.3. The molecule has 0 spiro atoms. The van der Waals surface area contributed by atoms with Crippen molar-refractivity contribution in [1.82, 2.24) is 5.32 Å². The zero-order chi connectivity index (χ0) is 13.5. The fourth-order valence-electron chi connectivity index (χ4n) is 1.20. The van der Waals surface area contributed by atoms with E-state index in [0.29, 0.717) is 12.3 Å². The van der Waals surface area contributed by atoms with Gasteiger partial charge in [-0.25, -0.2) is 0 Å². The Morgan fingerprint density at radius 3 is 2.35 bits per heavy atom. The maximum absolute atomic E-state index is 11.5. The van der Waals surface area contributed by atoms with Crippen LogP contribution in [0.15, 0.2) is 0 Å². The van der Waals surface area contributed by atoms with Crippen LogP contribution in [-0.4, -0.2) is 34.0 Å². The molecule has 4 nitrogen and oxygen atoms in total. The summed E-state index contributed by atoms with van der Waals surface area (Å²) in [5.74, 6) is -0.382. The molecule has 0 aliphatic carbocycles. The van der Waals surface area contributed by atoms with Crippen LogP contribution >= 0.6 is 11.8 Å². The van der Waals surface area contributed by atoms with Crippen molar-refractivity contribution >= 4 is 23.6 Å². The molecule has 0 bridgehead atoms. The summed E-state index contributed by atoms with van der Waals surface area (Å²) in [5, 5.41) is 11.5. The van der Waals surface area contributed by atoms with Crippen LogP contribution in [0.25, 0.3) is 0 Å². The van der Waals surface area contributed by atoms with Crippen LogP contribution in [0.1, 0.15) is 40.5 Å². The summed E-state index contributed by atoms with van der Waals surface area (Å²) >= 11 is 1.59. The third kappa shape index (κ3) is 10.2. The summed E-state index contributed by atoms with van der Waals surface area (Å²) in [5.41, 5.74) is 0. The van der Waals surface area contributed by atoms with E-state index in [0.717, 1.165) is 6.42 Å². The van der Waals surface area contributed by atoms with Crippen molar-refractivity contribution in [3.05, 3.63) is 0 Å². The Balaban J connectivity index is 3.85. The minimum Gasteiger partial charge on any atom is -0.481 e. The number of hydrogen-bond acceptors (Lipinski definition) is 3. The lowest BCUT2D eigenvalue weighted by atomic mass is 10.0. The van der Waals surface area contributed by atoms with Crippen molar-refractivity contribution < 1.29 is 14.7 Å².